The number of rotatable bonds is 4. The number of carbonyl (C=O) groups excluding carboxylic acids is 1. The zero-order valence-corrected chi connectivity index (χ0v) is 17.1. The lowest BCUT2D eigenvalue weighted by Gasteiger charge is -2.28. The van der Waals surface area contributed by atoms with Crippen LogP contribution in [0.1, 0.15) is 53.0 Å². The van der Waals surface area contributed by atoms with Crippen LogP contribution in [-0.2, 0) is 11.2 Å². The molecule has 2 aliphatic rings. The number of likely N-dealkylation sites (tertiary alicyclic amines) is 1. The standard InChI is InChI=1S/C20H28N2O6/c1-19(2,3)28-18(23)21-8-6-7-14(21)12-26-17-10-16-13(9-15(17)22(24)25)11-20(4,5)27-16/h9-10,14H,6-8,11-12H2,1-5H3/t14-/m1/s1. The number of nitrogens with zero attached hydrogens (tertiary/aromatic N) is 2. The summed E-state index contributed by atoms with van der Waals surface area (Å²) in [6, 6.07) is 2.94. The van der Waals surface area contributed by atoms with Crippen LogP contribution in [0.3, 0.4) is 0 Å². The highest BCUT2D eigenvalue weighted by Crippen LogP contribution is 2.42. The van der Waals surface area contributed by atoms with E-state index in [1.807, 2.05) is 34.6 Å². The van der Waals surface area contributed by atoms with Gasteiger partial charge in [0, 0.05) is 30.7 Å². The molecule has 1 atom stereocenters. The van der Waals surface area contributed by atoms with E-state index in [9.17, 15) is 14.9 Å². The normalized spacial score (nSPS) is 20.5. The van der Waals surface area contributed by atoms with E-state index < -0.39 is 16.1 Å². The van der Waals surface area contributed by atoms with Gasteiger partial charge in [-0.3, -0.25) is 10.1 Å². The van der Waals surface area contributed by atoms with E-state index >= 15 is 0 Å². The number of carbonyl (C=O) groups is 1. The van der Waals surface area contributed by atoms with Crippen LogP contribution in [0.15, 0.2) is 12.1 Å². The van der Waals surface area contributed by atoms with Crippen molar-refractivity contribution in [3.8, 4) is 11.5 Å². The molecular weight excluding hydrogens is 364 g/mol. The number of amides is 1. The van der Waals surface area contributed by atoms with Gasteiger partial charge in [-0.15, -0.1) is 0 Å². The highest BCUT2D eigenvalue weighted by Gasteiger charge is 2.35. The summed E-state index contributed by atoms with van der Waals surface area (Å²) in [4.78, 5) is 25.1. The molecule has 1 fully saturated rings. The second-order valence-electron chi connectivity index (χ2n) is 9.00. The van der Waals surface area contributed by atoms with E-state index in [2.05, 4.69) is 0 Å². The summed E-state index contributed by atoms with van der Waals surface area (Å²) in [5, 5.41) is 11.5. The number of nitro benzene ring substituents is 1. The predicted octanol–water partition coefficient (Wildman–Crippen LogP) is 4.09. The lowest BCUT2D eigenvalue weighted by molar-refractivity contribution is -0.386. The molecule has 8 nitrogen and oxygen atoms in total. The van der Waals surface area contributed by atoms with Crippen LogP contribution in [0.4, 0.5) is 10.5 Å². The maximum absolute atomic E-state index is 12.4. The summed E-state index contributed by atoms with van der Waals surface area (Å²) in [6.07, 6.45) is 1.84. The smallest absolute Gasteiger partial charge is 0.410 e. The summed E-state index contributed by atoms with van der Waals surface area (Å²) in [7, 11) is 0. The Morgan fingerprint density at radius 3 is 2.75 bits per heavy atom. The Morgan fingerprint density at radius 1 is 1.39 bits per heavy atom. The summed E-state index contributed by atoms with van der Waals surface area (Å²) in [6.45, 7) is 10.1. The number of nitro groups is 1. The third-order valence-electron chi connectivity index (χ3n) is 4.78. The summed E-state index contributed by atoms with van der Waals surface area (Å²) >= 11 is 0. The first-order valence-electron chi connectivity index (χ1n) is 9.58. The Labute approximate surface area is 164 Å². The molecule has 2 heterocycles. The van der Waals surface area contributed by atoms with Gasteiger partial charge in [0.15, 0.2) is 0 Å². The van der Waals surface area contributed by atoms with Crippen LogP contribution >= 0.6 is 0 Å². The molecule has 3 rings (SSSR count). The summed E-state index contributed by atoms with van der Waals surface area (Å²) in [5.41, 5.74) is -0.246. The largest absolute Gasteiger partial charge is 0.487 e. The molecule has 0 bridgehead atoms. The molecule has 154 valence electrons. The van der Waals surface area contributed by atoms with Crippen molar-refractivity contribution in [1.29, 1.82) is 0 Å². The van der Waals surface area contributed by atoms with Crippen LogP contribution in [-0.4, -0.2) is 46.3 Å². The van der Waals surface area contributed by atoms with Gasteiger partial charge in [0.05, 0.1) is 11.0 Å². The number of ether oxygens (including phenoxy) is 3. The molecule has 0 saturated carbocycles. The van der Waals surface area contributed by atoms with Gasteiger partial charge in [-0.05, 0) is 47.5 Å². The number of benzene rings is 1. The van der Waals surface area contributed by atoms with Crippen LogP contribution in [0.5, 0.6) is 11.5 Å². The Bertz CT molecular complexity index is 784. The topological polar surface area (TPSA) is 91.1 Å². The molecule has 1 aromatic carbocycles. The van der Waals surface area contributed by atoms with E-state index in [1.54, 1.807) is 11.0 Å². The zero-order valence-electron chi connectivity index (χ0n) is 17.1. The summed E-state index contributed by atoms with van der Waals surface area (Å²) in [5.74, 6) is 0.776. The molecule has 0 aliphatic carbocycles. The van der Waals surface area contributed by atoms with Gasteiger partial charge in [-0.25, -0.2) is 4.79 Å². The van der Waals surface area contributed by atoms with Crippen molar-refractivity contribution < 1.29 is 23.9 Å². The first-order valence-corrected chi connectivity index (χ1v) is 9.58. The predicted molar refractivity (Wildman–Crippen MR) is 103 cm³/mol. The Kier molecular flexibility index (Phi) is 5.16. The number of fused-ring (bicyclic) bond motifs is 1. The molecule has 28 heavy (non-hydrogen) atoms. The second kappa shape index (κ2) is 7.14. The van der Waals surface area contributed by atoms with Crippen molar-refractivity contribution in [1.82, 2.24) is 4.90 Å². The number of hydrogen-bond acceptors (Lipinski definition) is 6. The molecule has 8 heteroatoms. The lowest BCUT2D eigenvalue weighted by atomic mass is 10.0. The quantitative estimate of drug-likeness (QED) is 0.566. The minimum absolute atomic E-state index is 0.0816. The SMILES string of the molecule is CC(C)(C)OC(=O)N1CCC[C@@H]1COc1cc2c(cc1[N+](=O)[O-])CC(C)(C)O2. The third kappa shape index (κ3) is 4.48. The van der Waals surface area contributed by atoms with Crippen LogP contribution in [0, 0.1) is 10.1 Å². The molecule has 0 unspecified atom stereocenters. The molecule has 0 aromatic heterocycles. The average molecular weight is 392 g/mol. The van der Waals surface area contributed by atoms with Crippen molar-refractivity contribution >= 4 is 11.8 Å². The fourth-order valence-corrected chi connectivity index (χ4v) is 3.63. The highest BCUT2D eigenvalue weighted by molar-refractivity contribution is 5.69. The van der Waals surface area contributed by atoms with Crippen molar-refractivity contribution in [2.24, 2.45) is 0 Å². The Balaban J connectivity index is 1.73. The fraction of sp³-hybridized carbons (Fsp3) is 0.650. The van der Waals surface area contributed by atoms with Crippen molar-refractivity contribution in [3.63, 3.8) is 0 Å². The van der Waals surface area contributed by atoms with Gasteiger partial charge >= 0.3 is 11.8 Å². The fourth-order valence-electron chi connectivity index (χ4n) is 3.63. The third-order valence-corrected chi connectivity index (χ3v) is 4.78. The van der Waals surface area contributed by atoms with Crippen molar-refractivity contribution in [2.45, 2.75) is 71.1 Å². The maximum atomic E-state index is 12.4. The first kappa shape index (κ1) is 20.2. The monoisotopic (exact) mass is 392 g/mol. The molecule has 1 aromatic rings. The molecule has 1 saturated heterocycles. The van der Waals surface area contributed by atoms with Gasteiger partial charge in [-0.1, -0.05) is 0 Å². The minimum atomic E-state index is -0.575. The second-order valence-corrected chi connectivity index (χ2v) is 9.00. The first-order chi connectivity index (χ1) is 13.0. The maximum Gasteiger partial charge on any atom is 0.410 e. The Hall–Kier alpha value is -2.51. The van der Waals surface area contributed by atoms with E-state index in [4.69, 9.17) is 14.2 Å². The molecule has 0 spiro atoms. The molecular formula is C20H28N2O6. The van der Waals surface area contributed by atoms with Crippen LogP contribution in [0.2, 0.25) is 0 Å². The molecule has 1 amide bonds. The van der Waals surface area contributed by atoms with Crippen LogP contribution in [0.25, 0.3) is 0 Å². The summed E-state index contributed by atoms with van der Waals surface area (Å²) < 4.78 is 17.1. The van der Waals surface area contributed by atoms with Crippen LogP contribution < -0.4 is 9.47 Å². The molecule has 0 N–H and O–H groups in total. The van der Waals surface area contributed by atoms with Crippen molar-refractivity contribution in [2.75, 3.05) is 13.2 Å². The van der Waals surface area contributed by atoms with E-state index in [0.717, 1.165) is 18.4 Å². The van der Waals surface area contributed by atoms with E-state index in [1.165, 1.54) is 6.07 Å². The van der Waals surface area contributed by atoms with Gasteiger partial charge in [0.25, 0.3) is 0 Å². The van der Waals surface area contributed by atoms with E-state index in [0.29, 0.717) is 18.7 Å². The number of hydrogen-bond donors (Lipinski definition) is 0. The molecule has 2 aliphatic heterocycles. The van der Waals surface area contributed by atoms with Gasteiger partial charge in [0.1, 0.15) is 23.6 Å². The van der Waals surface area contributed by atoms with E-state index in [-0.39, 0.29) is 30.2 Å². The molecule has 0 radical (unpaired) electrons. The van der Waals surface area contributed by atoms with Gasteiger partial charge in [-0.2, -0.15) is 0 Å². The highest BCUT2D eigenvalue weighted by atomic mass is 16.6. The minimum Gasteiger partial charge on any atom is -0.487 e. The average Bonchev–Trinajstić information content (AvgIpc) is 3.11. The van der Waals surface area contributed by atoms with Gasteiger partial charge < -0.3 is 19.1 Å². The van der Waals surface area contributed by atoms with Crippen molar-refractivity contribution in [3.05, 3.63) is 27.8 Å². The lowest BCUT2D eigenvalue weighted by Crippen LogP contribution is -2.42. The zero-order chi connectivity index (χ0) is 20.7. The van der Waals surface area contributed by atoms with Gasteiger partial charge in [0.2, 0.25) is 5.75 Å². The Morgan fingerprint density at radius 2 is 2.11 bits per heavy atom.